The first-order chi connectivity index (χ1) is 14.0. The Hall–Kier alpha value is -2.06. The number of hydrogen-bond donors (Lipinski definition) is 0. The highest BCUT2D eigenvalue weighted by Gasteiger charge is 2.24. The molecule has 4 rings (SSSR count). The van der Waals surface area contributed by atoms with Crippen molar-refractivity contribution in [1.82, 2.24) is 15.0 Å². The number of anilines is 1. The third-order valence-corrected chi connectivity index (χ3v) is 5.59. The van der Waals surface area contributed by atoms with Gasteiger partial charge in [-0.2, -0.15) is 0 Å². The van der Waals surface area contributed by atoms with Crippen molar-refractivity contribution < 1.29 is 14.2 Å². The van der Waals surface area contributed by atoms with Crippen LogP contribution in [0.1, 0.15) is 0 Å². The number of morpholine rings is 1. The van der Waals surface area contributed by atoms with E-state index in [-0.39, 0.29) is 0 Å². The van der Waals surface area contributed by atoms with Gasteiger partial charge in [-0.1, -0.05) is 34.8 Å². The van der Waals surface area contributed by atoms with Crippen LogP contribution in [0.5, 0.6) is 11.5 Å². The van der Waals surface area contributed by atoms with E-state index in [1.54, 1.807) is 18.3 Å². The Morgan fingerprint density at radius 2 is 1.62 bits per heavy atom. The van der Waals surface area contributed by atoms with Crippen LogP contribution in [0.15, 0.2) is 18.3 Å². The fraction of sp³-hybridized carbons (Fsp3) is 0.316. The summed E-state index contributed by atoms with van der Waals surface area (Å²) in [6, 6.07) is 3.38. The molecule has 3 aromatic rings. The number of rotatable bonds is 4. The maximum atomic E-state index is 6.58. The molecule has 0 saturated carbocycles. The third kappa shape index (κ3) is 3.75. The fourth-order valence-electron chi connectivity index (χ4n) is 3.20. The molecule has 0 spiro atoms. The molecule has 7 nitrogen and oxygen atoms in total. The normalized spacial score (nSPS) is 14.3. The van der Waals surface area contributed by atoms with Crippen LogP contribution in [0, 0.1) is 0 Å². The summed E-state index contributed by atoms with van der Waals surface area (Å²) in [7, 11) is 3.04. The standard InChI is InChI=1S/C19H17Cl3N4O3/c1-27-12-8-13(28-2)17(22)15(16(12)21)18-24-11-9-23-14(20)7-10(11)19(25-18)26-3-5-29-6-4-26/h7-9H,3-6H2,1-2H3. The molecule has 3 heterocycles. The Bertz CT molecular complexity index is 1050. The van der Waals surface area contributed by atoms with Gasteiger partial charge in [0.25, 0.3) is 0 Å². The van der Waals surface area contributed by atoms with Crippen LogP contribution < -0.4 is 14.4 Å². The zero-order valence-electron chi connectivity index (χ0n) is 15.7. The van der Waals surface area contributed by atoms with Crippen LogP contribution in [0.4, 0.5) is 5.82 Å². The van der Waals surface area contributed by atoms with Gasteiger partial charge < -0.3 is 19.1 Å². The Kier molecular flexibility index (Phi) is 5.83. The van der Waals surface area contributed by atoms with E-state index in [4.69, 9.17) is 54.0 Å². The largest absolute Gasteiger partial charge is 0.495 e. The molecule has 1 aliphatic heterocycles. The minimum absolute atomic E-state index is 0.299. The lowest BCUT2D eigenvalue weighted by Gasteiger charge is -2.29. The molecule has 2 aromatic heterocycles. The van der Waals surface area contributed by atoms with Gasteiger partial charge in [-0.3, -0.25) is 0 Å². The van der Waals surface area contributed by atoms with E-state index >= 15 is 0 Å². The summed E-state index contributed by atoms with van der Waals surface area (Å²) in [6.07, 6.45) is 1.60. The number of aromatic nitrogens is 3. The van der Waals surface area contributed by atoms with Crippen LogP contribution in [-0.2, 0) is 4.74 Å². The number of pyridine rings is 1. The van der Waals surface area contributed by atoms with Gasteiger partial charge in [0.05, 0.1) is 54.8 Å². The summed E-state index contributed by atoms with van der Waals surface area (Å²) >= 11 is 19.3. The summed E-state index contributed by atoms with van der Waals surface area (Å²) in [6.45, 7) is 2.59. The topological polar surface area (TPSA) is 69.6 Å². The second-order valence-corrected chi connectivity index (χ2v) is 7.42. The average Bonchev–Trinajstić information content (AvgIpc) is 2.74. The van der Waals surface area contributed by atoms with Crippen molar-refractivity contribution in [3.05, 3.63) is 33.5 Å². The van der Waals surface area contributed by atoms with Gasteiger partial charge in [0, 0.05) is 24.5 Å². The molecule has 0 aliphatic carbocycles. The summed E-state index contributed by atoms with van der Waals surface area (Å²) in [5.74, 6) is 1.88. The van der Waals surface area contributed by atoms with Crippen molar-refractivity contribution in [1.29, 1.82) is 0 Å². The minimum Gasteiger partial charge on any atom is -0.495 e. The third-order valence-electron chi connectivity index (χ3n) is 4.64. The summed E-state index contributed by atoms with van der Waals surface area (Å²) in [4.78, 5) is 15.7. The monoisotopic (exact) mass is 454 g/mol. The number of ether oxygens (including phenoxy) is 3. The number of hydrogen-bond acceptors (Lipinski definition) is 7. The fourth-order valence-corrected chi connectivity index (χ4v) is 4.03. The highest BCUT2D eigenvalue weighted by molar-refractivity contribution is 6.41. The highest BCUT2D eigenvalue weighted by atomic mass is 35.5. The van der Waals surface area contributed by atoms with Gasteiger partial charge in [-0.15, -0.1) is 0 Å². The van der Waals surface area contributed by atoms with Crippen LogP contribution in [0.25, 0.3) is 22.3 Å². The number of nitrogens with zero attached hydrogens (tertiary/aromatic N) is 4. The molecule has 1 aromatic carbocycles. The molecule has 0 unspecified atom stereocenters. The predicted molar refractivity (Wildman–Crippen MR) is 114 cm³/mol. The SMILES string of the molecule is COc1cc(OC)c(Cl)c(-c2nc(N3CCOCC3)c3cc(Cl)ncc3n2)c1Cl. The summed E-state index contributed by atoms with van der Waals surface area (Å²) in [5.41, 5.74) is 1.05. The van der Waals surface area contributed by atoms with Gasteiger partial charge in [-0.05, 0) is 6.07 Å². The second kappa shape index (κ2) is 8.36. The minimum atomic E-state index is 0.299. The predicted octanol–water partition coefficient (Wildman–Crippen LogP) is 4.51. The lowest BCUT2D eigenvalue weighted by molar-refractivity contribution is 0.122. The van der Waals surface area contributed by atoms with E-state index in [2.05, 4.69) is 14.9 Å². The summed E-state index contributed by atoms with van der Waals surface area (Å²) < 4.78 is 16.2. The number of fused-ring (bicyclic) bond motifs is 1. The number of benzene rings is 1. The first-order valence-electron chi connectivity index (χ1n) is 8.79. The van der Waals surface area contributed by atoms with E-state index in [9.17, 15) is 0 Å². The van der Waals surface area contributed by atoms with E-state index in [1.165, 1.54) is 14.2 Å². The average molecular weight is 456 g/mol. The first kappa shape index (κ1) is 20.2. The van der Waals surface area contributed by atoms with Crippen molar-refractivity contribution in [3.8, 4) is 22.9 Å². The second-order valence-electron chi connectivity index (χ2n) is 6.28. The Balaban J connectivity index is 1.99. The molecule has 29 heavy (non-hydrogen) atoms. The molecule has 0 amide bonds. The number of halogens is 3. The lowest BCUT2D eigenvalue weighted by Crippen LogP contribution is -2.37. The van der Waals surface area contributed by atoms with Gasteiger partial charge in [0.15, 0.2) is 5.82 Å². The van der Waals surface area contributed by atoms with Gasteiger partial charge in [0.1, 0.15) is 22.5 Å². The molecule has 152 valence electrons. The quantitative estimate of drug-likeness (QED) is 0.536. The van der Waals surface area contributed by atoms with Crippen molar-refractivity contribution in [2.24, 2.45) is 0 Å². The molecule has 0 atom stereocenters. The van der Waals surface area contributed by atoms with Gasteiger partial charge in [0.2, 0.25) is 0 Å². The molecule has 1 aliphatic rings. The maximum Gasteiger partial charge on any atom is 0.165 e. The van der Waals surface area contributed by atoms with Crippen LogP contribution in [-0.4, -0.2) is 55.5 Å². The van der Waals surface area contributed by atoms with Crippen molar-refractivity contribution in [2.45, 2.75) is 0 Å². The molecule has 0 bridgehead atoms. The highest BCUT2D eigenvalue weighted by Crippen LogP contribution is 2.45. The maximum absolute atomic E-state index is 6.58. The van der Waals surface area contributed by atoms with Crippen molar-refractivity contribution in [2.75, 3.05) is 45.4 Å². The first-order valence-corrected chi connectivity index (χ1v) is 9.93. The van der Waals surface area contributed by atoms with Crippen LogP contribution in [0.3, 0.4) is 0 Å². The zero-order valence-corrected chi connectivity index (χ0v) is 18.0. The van der Waals surface area contributed by atoms with Crippen LogP contribution in [0.2, 0.25) is 15.2 Å². The Morgan fingerprint density at radius 1 is 0.966 bits per heavy atom. The molecular weight excluding hydrogens is 439 g/mol. The van der Waals surface area contributed by atoms with Crippen molar-refractivity contribution in [3.63, 3.8) is 0 Å². The molecule has 0 N–H and O–H groups in total. The molecule has 0 radical (unpaired) electrons. The molecular formula is C19H17Cl3N4O3. The molecule has 1 fully saturated rings. The van der Waals surface area contributed by atoms with E-state index in [1.807, 2.05) is 0 Å². The smallest absolute Gasteiger partial charge is 0.165 e. The zero-order chi connectivity index (χ0) is 20.5. The van der Waals surface area contributed by atoms with Gasteiger partial charge >= 0.3 is 0 Å². The molecule has 10 heteroatoms. The van der Waals surface area contributed by atoms with E-state index in [0.717, 1.165) is 5.39 Å². The van der Waals surface area contributed by atoms with Crippen LogP contribution >= 0.6 is 34.8 Å². The van der Waals surface area contributed by atoms with E-state index in [0.29, 0.717) is 75.7 Å². The number of methoxy groups -OCH3 is 2. The van der Waals surface area contributed by atoms with Gasteiger partial charge in [-0.25, -0.2) is 15.0 Å². The Morgan fingerprint density at radius 3 is 2.24 bits per heavy atom. The lowest BCUT2D eigenvalue weighted by atomic mass is 10.1. The van der Waals surface area contributed by atoms with Crippen molar-refractivity contribution >= 4 is 51.5 Å². The van der Waals surface area contributed by atoms with E-state index < -0.39 is 0 Å². The Labute approximate surface area is 182 Å². The molecule has 1 saturated heterocycles. The summed E-state index contributed by atoms with van der Waals surface area (Å²) in [5, 5.41) is 1.75.